The number of carbonyl (C=O) groups is 1. The Morgan fingerprint density at radius 3 is 2.53 bits per heavy atom. The lowest BCUT2D eigenvalue weighted by molar-refractivity contribution is -0.118. The maximum Gasteiger partial charge on any atom is 0.250 e. The van der Waals surface area contributed by atoms with Crippen LogP contribution in [0.15, 0.2) is 89.5 Å². The van der Waals surface area contributed by atoms with E-state index in [-0.39, 0.29) is 11.7 Å². The zero-order valence-corrected chi connectivity index (χ0v) is 16.6. The minimum Gasteiger partial charge on any atom is -0.272 e. The number of para-hydroxylation sites is 1. The first kappa shape index (κ1) is 19.5. The summed E-state index contributed by atoms with van der Waals surface area (Å²) in [6.45, 7) is 0. The molecule has 0 saturated heterocycles. The van der Waals surface area contributed by atoms with Gasteiger partial charge in [0.1, 0.15) is 5.69 Å². The van der Waals surface area contributed by atoms with Crippen LogP contribution in [0.2, 0.25) is 0 Å². The number of hydrogen-bond acceptors (Lipinski definition) is 7. The third-order valence-corrected chi connectivity index (χ3v) is 4.90. The molecule has 0 atom stereocenters. The molecule has 148 valence electrons. The number of thioether (sulfide) groups is 1. The minimum atomic E-state index is -0.240. The SMILES string of the molecule is O=C(CSc1nnc(-c2cnccn2)n1-c1ccccc1)N/N=C/c1ccccc1. The molecule has 0 bridgehead atoms. The van der Waals surface area contributed by atoms with Gasteiger partial charge in [-0.05, 0) is 17.7 Å². The molecule has 0 saturated carbocycles. The van der Waals surface area contributed by atoms with Crippen LogP contribution in [0.25, 0.3) is 17.2 Å². The molecule has 0 aliphatic carbocycles. The molecule has 0 aliphatic rings. The van der Waals surface area contributed by atoms with Gasteiger partial charge in [-0.3, -0.25) is 14.3 Å². The van der Waals surface area contributed by atoms with Crippen molar-refractivity contribution in [3.8, 4) is 17.2 Å². The van der Waals surface area contributed by atoms with Gasteiger partial charge in [0.15, 0.2) is 11.0 Å². The largest absolute Gasteiger partial charge is 0.272 e. The normalized spacial score (nSPS) is 10.9. The van der Waals surface area contributed by atoms with Gasteiger partial charge in [0, 0.05) is 18.1 Å². The van der Waals surface area contributed by atoms with E-state index in [1.807, 2.05) is 65.2 Å². The minimum absolute atomic E-state index is 0.136. The number of hydrazone groups is 1. The van der Waals surface area contributed by atoms with Crippen LogP contribution >= 0.6 is 11.8 Å². The average Bonchev–Trinajstić information content (AvgIpc) is 3.23. The third-order valence-electron chi connectivity index (χ3n) is 3.97. The highest BCUT2D eigenvalue weighted by molar-refractivity contribution is 7.99. The summed E-state index contributed by atoms with van der Waals surface area (Å²) in [5, 5.41) is 13.1. The Morgan fingerprint density at radius 1 is 1.03 bits per heavy atom. The lowest BCUT2D eigenvalue weighted by atomic mass is 10.2. The van der Waals surface area contributed by atoms with Crippen molar-refractivity contribution in [3.63, 3.8) is 0 Å². The van der Waals surface area contributed by atoms with Gasteiger partial charge >= 0.3 is 0 Å². The quantitative estimate of drug-likeness (QED) is 0.283. The zero-order chi connectivity index (χ0) is 20.6. The summed E-state index contributed by atoms with van der Waals surface area (Å²) in [6, 6.07) is 19.2. The van der Waals surface area contributed by atoms with Crippen LogP contribution < -0.4 is 5.43 Å². The summed E-state index contributed by atoms with van der Waals surface area (Å²) < 4.78 is 1.86. The number of carbonyl (C=O) groups excluding carboxylic acids is 1. The Bertz CT molecular complexity index is 1130. The lowest BCUT2D eigenvalue weighted by Crippen LogP contribution is -2.20. The third kappa shape index (κ3) is 4.76. The predicted molar refractivity (Wildman–Crippen MR) is 115 cm³/mol. The van der Waals surface area contributed by atoms with Crippen LogP contribution in [-0.4, -0.2) is 42.6 Å². The fourth-order valence-corrected chi connectivity index (χ4v) is 3.38. The van der Waals surface area contributed by atoms with Gasteiger partial charge in [-0.2, -0.15) is 5.10 Å². The van der Waals surface area contributed by atoms with Gasteiger partial charge in [-0.1, -0.05) is 60.3 Å². The molecule has 0 spiro atoms. The van der Waals surface area contributed by atoms with Gasteiger partial charge in [-0.15, -0.1) is 10.2 Å². The fraction of sp³-hybridized carbons (Fsp3) is 0.0476. The molecule has 30 heavy (non-hydrogen) atoms. The maximum atomic E-state index is 12.2. The van der Waals surface area contributed by atoms with E-state index in [0.717, 1.165) is 11.3 Å². The number of rotatable bonds is 7. The van der Waals surface area contributed by atoms with E-state index in [1.54, 1.807) is 24.8 Å². The van der Waals surface area contributed by atoms with Crippen molar-refractivity contribution in [3.05, 3.63) is 84.8 Å². The van der Waals surface area contributed by atoms with E-state index in [0.29, 0.717) is 16.7 Å². The van der Waals surface area contributed by atoms with Crippen LogP contribution in [0.5, 0.6) is 0 Å². The van der Waals surface area contributed by atoms with Crippen molar-refractivity contribution in [2.75, 3.05) is 5.75 Å². The maximum absolute atomic E-state index is 12.2. The molecular weight excluding hydrogens is 398 g/mol. The van der Waals surface area contributed by atoms with Crippen LogP contribution in [0.3, 0.4) is 0 Å². The molecule has 0 unspecified atom stereocenters. The number of amides is 1. The highest BCUT2D eigenvalue weighted by Gasteiger charge is 2.18. The molecule has 2 aromatic carbocycles. The molecule has 0 fully saturated rings. The van der Waals surface area contributed by atoms with Gasteiger partial charge < -0.3 is 0 Å². The van der Waals surface area contributed by atoms with Crippen molar-refractivity contribution in [2.24, 2.45) is 5.10 Å². The van der Waals surface area contributed by atoms with Gasteiger partial charge in [-0.25, -0.2) is 10.4 Å². The van der Waals surface area contributed by atoms with Gasteiger partial charge in [0.25, 0.3) is 5.91 Å². The molecule has 4 rings (SSSR count). The first-order valence-electron chi connectivity index (χ1n) is 9.08. The lowest BCUT2D eigenvalue weighted by Gasteiger charge is -2.09. The van der Waals surface area contributed by atoms with E-state index in [9.17, 15) is 4.79 Å². The fourth-order valence-electron chi connectivity index (χ4n) is 2.63. The van der Waals surface area contributed by atoms with Crippen molar-refractivity contribution in [1.29, 1.82) is 0 Å². The van der Waals surface area contributed by atoms with E-state index in [4.69, 9.17) is 0 Å². The Labute approximate surface area is 177 Å². The van der Waals surface area contributed by atoms with Crippen LogP contribution in [0, 0.1) is 0 Å². The topological polar surface area (TPSA) is 98.0 Å². The number of nitrogens with one attached hydrogen (secondary N) is 1. The Balaban J connectivity index is 1.49. The molecule has 0 radical (unpaired) electrons. The first-order chi connectivity index (χ1) is 14.8. The average molecular weight is 415 g/mol. The van der Waals surface area contributed by atoms with Crippen molar-refractivity contribution < 1.29 is 4.79 Å². The summed E-state index contributed by atoms with van der Waals surface area (Å²) in [5.74, 6) is 0.451. The molecule has 4 aromatic rings. The highest BCUT2D eigenvalue weighted by atomic mass is 32.2. The molecule has 1 N–H and O–H groups in total. The number of nitrogens with zero attached hydrogens (tertiary/aromatic N) is 6. The van der Waals surface area contributed by atoms with Crippen molar-refractivity contribution in [2.45, 2.75) is 5.16 Å². The number of benzene rings is 2. The molecule has 1 amide bonds. The summed E-state index contributed by atoms with van der Waals surface area (Å²) >= 11 is 1.27. The molecule has 2 aromatic heterocycles. The molecule has 8 nitrogen and oxygen atoms in total. The first-order valence-corrected chi connectivity index (χ1v) is 10.1. The van der Waals surface area contributed by atoms with Gasteiger partial charge in [0.2, 0.25) is 0 Å². The number of aromatic nitrogens is 5. The van der Waals surface area contributed by atoms with E-state index < -0.39 is 0 Å². The molecular formula is C21H17N7OS. The van der Waals surface area contributed by atoms with E-state index in [2.05, 4.69) is 30.7 Å². The summed E-state index contributed by atoms with van der Waals surface area (Å²) in [5.41, 5.74) is 4.90. The predicted octanol–water partition coefficient (Wildman–Crippen LogP) is 2.97. The summed E-state index contributed by atoms with van der Waals surface area (Å²) in [4.78, 5) is 20.6. The van der Waals surface area contributed by atoms with Crippen LogP contribution in [-0.2, 0) is 4.79 Å². The highest BCUT2D eigenvalue weighted by Crippen LogP contribution is 2.26. The zero-order valence-electron chi connectivity index (χ0n) is 15.8. The Morgan fingerprint density at radius 2 is 1.80 bits per heavy atom. The second-order valence-electron chi connectivity index (χ2n) is 6.06. The van der Waals surface area contributed by atoms with Crippen molar-refractivity contribution >= 4 is 23.9 Å². The summed E-state index contributed by atoms with van der Waals surface area (Å²) in [6.07, 6.45) is 6.43. The Hall–Kier alpha value is -3.85. The second-order valence-corrected chi connectivity index (χ2v) is 7.00. The van der Waals surface area contributed by atoms with Gasteiger partial charge in [0.05, 0.1) is 18.2 Å². The van der Waals surface area contributed by atoms with Crippen LogP contribution in [0.1, 0.15) is 5.56 Å². The second kappa shape index (κ2) is 9.57. The van der Waals surface area contributed by atoms with E-state index >= 15 is 0 Å². The monoisotopic (exact) mass is 415 g/mol. The molecule has 2 heterocycles. The van der Waals surface area contributed by atoms with Crippen LogP contribution in [0.4, 0.5) is 0 Å². The smallest absolute Gasteiger partial charge is 0.250 e. The van der Waals surface area contributed by atoms with Crippen molar-refractivity contribution in [1.82, 2.24) is 30.2 Å². The summed E-state index contributed by atoms with van der Waals surface area (Å²) in [7, 11) is 0. The standard InChI is InChI=1S/C21H17N7OS/c29-19(25-24-13-16-7-3-1-4-8-16)15-30-21-27-26-20(18-14-22-11-12-23-18)28(21)17-9-5-2-6-10-17/h1-14H,15H2,(H,25,29)/b24-13+. The molecule has 0 aliphatic heterocycles. The number of hydrogen-bond donors (Lipinski definition) is 1. The molecule has 9 heteroatoms. The van der Waals surface area contributed by atoms with E-state index in [1.165, 1.54) is 11.8 Å². The Kier molecular flexibility index (Phi) is 6.21.